The van der Waals surface area contributed by atoms with Crippen molar-refractivity contribution >= 4 is 11.9 Å². The number of carbonyl (C=O) groups excluding carboxylic acids is 1. The number of hydrogen-bond acceptors (Lipinski definition) is 24. The Labute approximate surface area is 457 Å². The van der Waals surface area contributed by atoms with E-state index in [9.17, 15) is 86.2 Å². The molecule has 4 heterocycles. The molecule has 0 spiro atoms. The highest BCUT2D eigenvalue weighted by Gasteiger charge is 2.72. The molecule has 0 aromatic rings. The second-order valence-corrected chi connectivity index (χ2v) is 26.5. The zero-order valence-corrected chi connectivity index (χ0v) is 45.8. The van der Waals surface area contributed by atoms with Crippen molar-refractivity contribution in [1.29, 1.82) is 0 Å². The molecule has 0 amide bonds. The highest BCUT2D eigenvalue weighted by molar-refractivity contribution is 5.79. The van der Waals surface area contributed by atoms with E-state index in [2.05, 4.69) is 34.6 Å². The van der Waals surface area contributed by atoms with Gasteiger partial charge in [0.25, 0.3) is 0 Å². The Hall–Kier alpha value is -2.16. The molecule has 0 aromatic heterocycles. The van der Waals surface area contributed by atoms with Crippen LogP contribution in [0.15, 0.2) is 11.6 Å². The summed E-state index contributed by atoms with van der Waals surface area (Å²) in [6.45, 7) is 12.5. The van der Waals surface area contributed by atoms with Crippen LogP contribution in [0.2, 0.25) is 0 Å². The Kier molecular flexibility index (Phi) is 17.1. The van der Waals surface area contributed by atoms with E-state index in [0.29, 0.717) is 51.4 Å². The molecule has 25 nitrogen and oxygen atoms in total. The zero-order valence-electron chi connectivity index (χ0n) is 45.8. The third-order valence-electron chi connectivity index (χ3n) is 21.3. The molecule has 29 atom stereocenters. The number of hydrogen-bond donors (Lipinski definition) is 15. The van der Waals surface area contributed by atoms with Crippen LogP contribution in [0.3, 0.4) is 0 Å². The van der Waals surface area contributed by atoms with Gasteiger partial charge in [0.15, 0.2) is 25.0 Å². The minimum absolute atomic E-state index is 0.203. The van der Waals surface area contributed by atoms with Crippen molar-refractivity contribution in [2.75, 3.05) is 19.8 Å². The van der Waals surface area contributed by atoms with Crippen LogP contribution in [-0.2, 0) is 47.5 Å². The van der Waals surface area contributed by atoms with Crippen molar-refractivity contribution in [1.82, 2.24) is 0 Å². The number of fused-ring (bicyclic) bond motifs is 7. The van der Waals surface area contributed by atoms with Gasteiger partial charge < -0.3 is 114 Å². The fourth-order valence-electron chi connectivity index (χ4n) is 16.6. The van der Waals surface area contributed by atoms with Crippen molar-refractivity contribution in [2.24, 2.45) is 50.2 Å². The second kappa shape index (κ2) is 22.0. The van der Waals surface area contributed by atoms with Gasteiger partial charge in [-0.1, -0.05) is 60.1 Å². The van der Waals surface area contributed by atoms with Crippen LogP contribution in [0.1, 0.15) is 106 Å². The van der Waals surface area contributed by atoms with Crippen LogP contribution in [0.5, 0.6) is 0 Å². The number of aliphatic carboxylic acids is 1. The molecule has 15 N–H and O–H groups in total. The highest BCUT2D eigenvalue weighted by Crippen LogP contribution is 2.76. The Bertz CT molecular complexity index is 2230. The average molecular weight is 1140 g/mol. The van der Waals surface area contributed by atoms with E-state index in [1.807, 2.05) is 19.9 Å². The first-order valence-electron chi connectivity index (χ1n) is 27.9. The van der Waals surface area contributed by atoms with E-state index in [4.69, 9.17) is 37.9 Å². The lowest BCUT2D eigenvalue weighted by Crippen LogP contribution is -2.69. The highest BCUT2D eigenvalue weighted by atomic mass is 16.8. The van der Waals surface area contributed by atoms with E-state index < -0.39 is 200 Å². The quantitative estimate of drug-likeness (QED) is 0.0527. The fourth-order valence-corrected chi connectivity index (χ4v) is 16.6. The minimum atomic E-state index is -2.19. The monoisotopic (exact) mass is 1130 g/mol. The summed E-state index contributed by atoms with van der Waals surface area (Å²) < 4.78 is 48.1. The summed E-state index contributed by atoms with van der Waals surface area (Å²) in [5, 5.41) is 162. The van der Waals surface area contributed by atoms with Crippen LogP contribution in [0.25, 0.3) is 0 Å². The van der Waals surface area contributed by atoms with Gasteiger partial charge >= 0.3 is 11.9 Å². The first-order valence-corrected chi connectivity index (χ1v) is 27.9. The van der Waals surface area contributed by atoms with Crippen molar-refractivity contribution in [3.05, 3.63) is 11.6 Å². The summed E-state index contributed by atoms with van der Waals surface area (Å²) in [7, 11) is 0. The maximum atomic E-state index is 14.8. The lowest BCUT2D eigenvalue weighted by Gasteiger charge is -2.72. The van der Waals surface area contributed by atoms with Crippen LogP contribution in [0, 0.1) is 50.2 Å². The van der Waals surface area contributed by atoms with E-state index >= 15 is 0 Å². The number of esters is 1. The topological polar surface area (TPSA) is 411 Å². The number of carbonyl (C=O) groups is 2. The number of allylic oxidation sites excluding steroid dienone is 1. The summed E-state index contributed by atoms with van der Waals surface area (Å²) in [5.41, 5.74) is -2.91. The van der Waals surface area contributed by atoms with Crippen molar-refractivity contribution < 1.29 is 124 Å². The molecule has 79 heavy (non-hydrogen) atoms. The van der Waals surface area contributed by atoms with Gasteiger partial charge in [0.05, 0.1) is 37.4 Å². The molecule has 9 aliphatic rings. The number of carboxylic acid groups (broad SMARTS) is 1. The predicted molar refractivity (Wildman–Crippen MR) is 265 cm³/mol. The van der Waals surface area contributed by atoms with Gasteiger partial charge in [-0.3, -0.25) is 4.79 Å². The molecular formula is C54H86O25. The Morgan fingerprint density at radius 2 is 1.06 bits per heavy atom. The first kappa shape index (κ1) is 61.4. The molecular weight excluding hydrogens is 1050 g/mol. The second-order valence-electron chi connectivity index (χ2n) is 26.5. The molecule has 4 aliphatic heterocycles. The molecule has 9 rings (SSSR count). The lowest BCUT2D eigenvalue weighted by atomic mass is 9.33. The largest absolute Gasteiger partial charge is 0.479 e. The third kappa shape index (κ3) is 9.95. The van der Waals surface area contributed by atoms with Crippen LogP contribution in [-0.4, -0.2) is 243 Å². The molecule has 8 fully saturated rings. The van der Waals surface area contributed by atoms with Crippen LogP contribution >= 0.6 is 0 Å². The van der Waals surface area contributed by atoms with Crippen LogP contribution in [0.4, 0.5) is 0 Å². The molecule has 0 bridgehead atoms. The lowest BCUT2D eigenvalue weighted by molar-refractivity contribution is -0.396. The van der Waals surface area contributed by atoms with Gasteiger partial charge in [-0.05, 0) is 96.7 Å². The van der Waals surface area contributed by atoms with Gasteiger partial charge in [0, 0.05) is 5.92 Å². The average Bonchev–Trinajstić information content (AvgIpc) is 2.25. The number of aliphatic hydroxyl groups excluding tert-OH is 14. The molecule has 5 aliphatic carbocycles. The Morgan fingerprint density at radius 3 is 1.59 bits per heavy atom. The normalized spacial score (nSPS) is 53.3. The number of ether oxygens (including phenoxy) is 8. The summed E-state index contributed by atoms with van der Waals surface area (Å²) in [6, 6.07) is 0. The molecule has 4 saturated carbocycles. The summed E-state index contributed by atoms with van der Waals surface area (Å²) >= 11 is 0. The molecule has 0 aromatic carbocycles. The van der Waals surface area contributed by atoms with E-state index in [-0.39, 0.29) is 23.7 Å². The third-order valence-corrected chi connectivity index (χ3v) is 21.3. The van der Waals surface area contributed by atoms with Gasteiger partial charge in [0.2, 0.25) is 6.29 Å². The van der Waals surface area contributed by atoms with Crippen molar-refractivity contribution in [3.8, 4) is 0 Å². The Balaban J connectivity index is 1.02. The molecule has 452 valence electrons. The SMILES string of the molecule is CC1(C)CC[C@]2(C(=O)O[C@@H]3O[C@H](CO)[C@@H](O)[C@H](O)[C@H]3O)CC[C@]3(C)C(=C[C@@H](O)[C@@H]4[C@@]5(C)CC[C@H](O[C@@H]6O[C@H](C(=O)O)[C@@H](O)[C@H](O[C@@H]7O[C@H](CO)[C@H](O)[C@H](O)[C@H]7O)[C@H]6O[C@@H]6O[C@H](CO)[C@@H](O)[C@H](O)[C@H]6O)C(C)(C)[C@@H]5CC[C@]43C)[C@@H]2C1. The van der Waals surface area contributed by atoms with E-state index in [1.54, 1.807) is 0 Å². The maximum absolute atomic E-state index is 14.8. The zero-order chi connectivity index (χ0) is 58.0. The van der Waals surface area contributed by atoms with Gasteiger partial charge in [-0.25, -0.2) is 4.79 Å². The van der Waals surface area contributed by atoms with Gasteiger partial charge in [0.1, 0.15) is 91.6 Å². The maximum Gasteiger partial charge on any atom is 0.335 e. The molecule has 0 radical (unpaired) electrons. The number of carboxylic acids is 1. The number of aliphatic hydroxyl groups is 14. The smallest absolute Gasteiger partial charge is 0.335 e. The molecule has 25 heteroatoms. The fraction of sp³-hybridized carbons (Fsp3) is 0.926. The molecule has 4 saturated heterocycles. The summed E-state index contributed by atoms with van der Waals surface area (Å²) in [6.07, 6.45) is -31.9. The summed E-state index contributed by atoms with van der Waals surface area (Å²) in [4.78, 5) is 27.7. The first-order chi connectivity index (χ1) is 36.9. The van der Waals surface area contributed by atoms with Gasteiger partial charge in [-0.15, -0.1) is 0 Å². The van der Waals surface area contributed by atoms with Crippen LogP contribution < -0.4 is 0 Å². The van der Waals surface area contributed by atoms with E-state index in [0.717, 1.165) is 5.57 Å². The van der Waals surface area contributed by atoms with Crippen molar-refractivity contribution in [2.45, 2.75) is 241 Å². The number of rotatable bonds is 12. The molecule has 0 unspecified atom stereocenters. The van der Waals surface area contributed by atoms with E-state index in [1.165, 1.54) is 0 Å². The Morgan fingerprint density at radius 1 is 0.557 bits per heavy atom. The van der Waals surface area contributed by atoms with Crippen molar-refractivity contribution in [3.63, 3.8) is 0 Å². The predicted octanol–water partition coefficient (Wildman–Crippen LogP) is -2.97. The van der Waals surface area contributed by atoms with Gasteiger partial charge in [-0.2, -0.15) is 0 Å². The minimum Gasteiger partial charge on any atom is -0.479 e. The summed E-state index contributed by atoms with van der Waals surface area (Å²) in [5.74, 6) is -3.27. The standard InChI is InChI=1S/C54H86O25/c1-49(2)12-14-54(48(71)79-46-37(67)34(64)31(61)26(20-57)74-46)15-13-52(6)21(22(54)17-49)16-23(58)42-51(5)10-9-28(50(3,4)27(51)8-11-53(42,52)7)75-47-41(78-45-36(66)33(63)30(60)25(19-56)73-45)39(38(68)40(77-47)43(69)70)76-44-35(65)32(62)29(59)24(18-55)72-44/h16,22-42,44-47,55-68H,8-15,17-20H2,1-7H3,(H,69,70)/t22-,23+,24+,25+,26+,27-,28-,29-,30+,31+,32-,33-,34-,35+,36+,37+,38-,39-,40-,41+,42+,44-,45-,46-,47+,51-,52+,53+,54-/m0/s1.